The molecule has 1 aliphatic rings. The highest BCUT2D eigenvalue weighted by molar-refractivity contribution is 5.98. The minimum absolute atomic E-state index is 0.0172. The van der Waals surface area contributed by atoms with E-state index < -0.39 is 0 Å². The van der Waals surface area contributed by atoms with Gasteiger partial charge in [-0.15, -0.1) is 0 Å². The Morgan fingerprint density at radius 2 is 2.00 bits per heavy atom. The van der Waals surface area contributed by atoms with Crippen molar-refractivity contribution >= 4 is 11.8 Å². The van der Waals surface area contributed by atoms with Gasteiger partial charge in [0, 0.05) is 18.7 Å². The van der Waals surface area contributed by atoms with Crippen molar-refractivity contribution in [2.24, 2.45) is 0 Å². The average Bonchev–Trinajstić information content (AvgIpc) is 2.99. The minimum atomic E-state index is -0.242. The summed E-state index contributed by atoms with van der Waals surface area (Å²) in [5.41, 5.74) is 1.40. The quantitative estimate of drug-likeness (QED) is 0.903. The molecule has 1 aromatic rings. The van der Waals surface area contributed by atoms with Crippen LogP contribution in [-0.4, -0.2) is 43.5 Å². The zero-order chi connectivity index (χ0) is 14.5. The molecule has 1 heterocycles. The van der Waals surface area contributed by atoms with E-state index in [-0.39, 0.29) is 18.4 Å². The van der Waals surface area contributed by atoms with Gasteiger partial charge in [-0.25, -0.2) is 0 Å². The molecule has 0 bridgehead atoms. The van der Waals surface area contributed by atoms with Crippen LogP contribution in [-0.2, 0) is 4.79 Å². The molecule has 1 fully saturated rings. The number of nitrogens with zero attached hydrogens (tertiary/aromatic N) is 1. The summed E-state index contributed by atoms with van der Waals surface area (Å²) >= 11 is 0. The monoisotopic (exact) mass is 276 g/mol. The first kappa shape index (κ1) is 14.4. The number of hydrogen-bond acceptors (Lipinski definition) is 3. The molecule has 5 heteroatoms. The van der Waals surface area contributed by atoms with Crippen LogP contribution in [0.25, 0.3) is 0 Å². The fraction of sp³-hybridized carbons (Fsp3) is 0.467. The molecule has 0 unspecified atom stereocenters. The van der Waals surface area contributed by atoms with Crippen LogP contribution < -0.4 is 10.1 Å². The Morgan fingerprint density at radius 1 is 1.30 bits per heavy atom. The number of carbonyl (C=O) groups is 2. The van der Waals surface area contributed by atoms with E-state index >= 15 is 0 Å². The molecule has 0 spiro atoms. The molecule has 2 rings (SSSR count). The number of carbonyl (C=O) groups excluding carboxylic acids is 2. The van der Waals surface area contributed by atoms with Crippen molar-refractivity contribution in [3.05, 3.63) is 29.3 Å². The number of likely N-dealkylation sites (tertiary alicyclic amines) is 1. The summed E-state index contributed by atoms with van der Waals surface area (Å²) < 4.78 is 5.11. The third kappa shape index (κ3) is 3.29. The van der Waals surface area contributed by atoms with Crippen LogP contribution in [0.1, 0.15) is 28.8 Å². The van der Waals surface area contributed by atoms with Crippen LogP contribution in [0.3, 0.4) is 0 Å². The van der Waals surface area contributed by atoms with E-state index in [0.29, 0.717) is 11.3 Å². The normalized spacial score (nSPS) is 14.2. The zero-order valence-corrected chi connectivity index (χ0v) is 11.9. The first-order valence-electron chi connectivity index (χ1n) is 6.82. The number of rotatable bonds is 4. The summed E-state index contributed by atoms with van der Waals surface area (Å²) in [6, 6.07) is 5.32. The second-order valence-electron chi connectivity index (χ2n) is 4.95. The first-order chi connectivity index (χ1) is 9.61. The van der Waals surface area contributed by atoms with Gasteiger partial charge in [0.15, 0.2) is 0 Å². The molecule has 1 aliphatic heterocycles. The molecule has 0 atom stereocenters. The molecule has 2 amide bonds. The Morgan fingerprint density at radius 3 is 2.65 bits per heavy atom. The smallest absolute Gasteiger partial charge is 0.252 e. The van der Waals surface area contributed by atoms with Gasteiger partial charge in [0.05, 0.1) is 13.7 Å². The molecular weight excluding hydrogens is 256 g/mol. The molecule has 0 aliphatic carbocycles. The lowest BCUT2D eigenvalue weighted by molar-refractivity contribution is -0.129. The molecule has 1 aromatic carbocycles. The van der Waals surface area contributed by atoms with E-state index in [2.05, 4.69) is 5.32 Å². The van der Waals surface area contributed by atoms with E-state index in [9.17, 15) is 9.59 Å². The first-order valence-corrected chi connectivity index (χ1v) is 6.82. The largest absolute Gasteiger partial charge is 0.497 e. The lowest BCUT2D eigenvalue weighted by Gasteiger charge is -2.16. The molecule has 0 radical (unpaired) electrons. The van der Waals surface area contributed by atoms with Crippen LogP contribution in [0.2, 0.25) is 0 Å². The minimum Gasteiger partial charge on any atom is -0.497 e. The van der Waals surface area contributed by atoms with E-state index in [1.165, 1.54) is 0 Å². The van der Waals surface area contributed by atoms with Crippen LogP contribution in [0, 0.1) is 6.92 Å². The average molecular weight is 276 g/mol. The van der Waals surface area contributed by atoms with Gasteiger partial charge in [0.2, 0.25) is 5.91 Å². The van der Waals surface area contributed by atoms with Gasteiger partial charge in [-0.2, -0.15) is 0 Å². The summed E-state index contributed by atoms with van der Waals surface area (Å²) in [5.74, 6) is 0.372. The fourth-order valence-electron chi connectivity index (χ4n) is 2.30. The second kappa shape index (κ2) is 6.41. The Bertz CT molecular complexity index is 508. The number of benzene rings is 1. The third-order valence-corrected chi connectivity index (χ3v) is 3.55. The maximum absolute atomic E-state index is 12.1. The number of hydrogen-bond donors (Lipinski definition) is 1. The van der Waals surface area contributed by atoms with Crippen LogP contribution >= 0.6 is 0 Å². The molecular formula is C15H20N2O3. The standard InChI is InChI=1S/C15H20N2O3/c1-11-5-6-12(20-2)9-13(11)15(19)16-10-14(18)17-7-3-4-8-17/h5-6,9H,3-4,7-8,10H2,1-2H3,(H,16,19). The van der Waals surface area contributed by atoms with E-state index in [1.807, 2.05) is 19.1 Å². The van der Waals surface area contributed by atoms with Crippen molar-refractivity contribution in [3.63, 3.8) is 0 Å². The van der Waals surface area contributed by atoms with Gasteiger partial charge in [0.25, 0.3) is 5.91 Å². The molecule has 5 nitrogen and oxygen atoms in total. The fourth-order valence-corrected chi connectivity index (χ4v) is 2.30. The lowest BCUT2D eigenvalue weighted by atomic mass is 10.1. The Balaban J connectivity index is 1.96. The van der Waals surface area contributed by atoms with Crippen molar-refractivity contribution in [3.8, 4) is 5.75 Å². The molecule has 1 N–H and O–H groups in total. The van der Waals surface area contributed by atoms with Crippen molar-refractivity contribution in [2.45, 2.75) is 19.8 Å². The number of methoxy groups -OCH3 is 1. The predicted octanol–water partition coefficient (Wildman–Crippen LogP) is 1.36. The van der Waals surface area contributed by atoms with Crippen molar-refractivity contribution in [2.75, 3.05) is 26.7 Å². The molecule has 108 valence electrons. The topological polar surface area (TPSA) is 58.6 Å². The highest BCUT2D eigenvalue weighted by Gasteiger charge is 2.19. The van der Waals surface area contributed by atoms with Crippen molar-refractivity contribution < 1.29 is 14.3 Å². The molecule has 20 heavy (non-hydrogen) atoms. The summed E-state index contributed by atoms with van der Waals surface area (Å²) in [7, 11) is 1.56. The molecule has 0 saturated carbocycles. The van der Waals surface area contributed by atoms with Crippen LogP contribution in [0.4, 0.5) is 0 Å². The second-order valence-corrected chi connectivity index (χ2v) is 4.95. The number of amides is 2. The number of aryl methyl sites for hydroxylation is 1. The lowest BCUT2D eigenvalue weighted by Crippen LogP contribution is -2.38. The van der Waals surface area contributed by atoms with E-state index in [4.69, 9.17) is 4.74 Å². The predicted molar refractivity (Wildman–Crippen MR) is 75.9 cm³/mol. The van der Waals surface area contributed by atoms with Crippen molar-refractivity contribution in [1.29, 1.82) is 0 Å². The summed E-state index contributed by atoms with van der Waals surface area (Å²) in [5, 5.41) is 2.68. The van der Waals surface area contributed by atoms with Gasteiger partial charge in [-0.1, -0.05) is 6.07 Å². The van der Waals surface area contributed by atoms with Gasteiger partial charge >= 0.3 is 0 Å². The Labute approximate surface area is 118 Å². The summed E-state index contributed by atoms with van der Waals surface area (Å²) in [6.07, 6.45) is 2.10. The van der Waals surface area contributed by atoms with Gasteiger partial charge in [-0.3, -0.25) is 9.59 Å². The van der Waals surface area contributed by atoms with Gasteiger partial charge in [0.1, 0.15) is 5.75 Å². The maximum atomic E-state index is 12.1. The number of ether oxygens (including phenoxy) is 1. The summed E-state index contributed by atoms with van der Waals surface area (Å²) in [6.45, 7) is 3.51. The SMILES string of the molecule is COc1ccc(C)c(C(=O)NCC(=O)N2CCCC2)c1. The van der Waals surface area contributed by atoms with E-state index in [1.54, 1.807) is 18.1 Å². The van der Waals surface area contributed by atoms with Crippen LogP contribution in [0.5, 0.6) is 5.75 Å². The van der Waals surface area contributed by atoms with E-state index in [0.717, 1.165) is 31.5 Å². The van der Waals surface area contributed by atoms with Gasteiger partial charge in [-0.05, 0) is 37.5 Å². The highest BCUT2D eigenvalue weighted by atomic mass is 16.5. The van der Waals surface area contributed by atoms with Gasteiger partial charge < -0.3 is 15.0 Å². The zero-order valence-electron chi connectivity index (χ0n) is 11.9. The maximum Gasteiger partial charge on any atom is 0.252 e. The highest BCUT2D eigenvalue weighted by Crippen LogP contribution is 2.16. The Hall–Kier alpha value is -2.04. The Kier molecular flexibility index (Phi) is 4.61. The van der Waals surface area contributed by atoms with Crippen molar-refractivity contribution in [1.82, 2.24) is 10.2 Å². The molecule has 1 saturated heterocycles. The molecule has 0 aromatic heterocycles. The third-order valence-electron chi connectivity index (χ3n) is 3.55. The number of nitrogens with one attached hydrogen (secondary N) is 1. The van der Waals surface area contributed by atoms with Crippen LogP contribution in [0.15, 0.2) is 18.2 Å². The summed E-state index contributed by atoms with van der Waals surface area (Å²) in [4.78, 5) is 25.8.